The number of hydrogen-bond donors (Lipinski definition) is 2. The van der Waals surface area contributed by atoms with Crippen molar-refractivity contribution in [1.29, 1.82) is 0 Å². The minimum absolute atomic E-state index is 0.132. The van der Waals surface area contributed by atoms with Crippen molar-refractivity contribution in [3.05, 3.63) is 62.8 Å². The van der Waals surface area contributed by atoms with E-state index in [0.717, 1.165) is 6.42 Å². The highest BCUT2D eigenvalue weighted by Crippen LogP contribution is 2.23. The second-order valence-electron chi connectivity index (χ2n) is 5.37. The summed E-state index contributed by atoms with van der Waals surface area (Å²) in [5, 5.41) is 7.94. The Kier molecular flexibility index (Phi) is 5.25. The summed E-state index contributed by atoms with van der Waals surface area (Å²) in [6.07, 6.45) is 2.55. The van der Waals surface area contributed by atoms with E-state index >= 15 is 0 Å². The van der Waals surface area contributed by atoms with Crippen LogP contribution >= 0.6 is 22.7 Å². The molecule has 2 aromatic heterocycles. The summed E-state index contributed by atoms with van der Waals surface area (Å²) < 4.78 is 0. The molecule has 0 aliphatic heterocycles. The standard InChI is InChI=1S/C18H17N3O2S2/c1-3-12-10-15(25-11(12)2)17(23)20-14-6-4-13(5-7-14)16(22)21-18-19-8-9-24-18/h4-10H,3H2,1-2H3,(H,20,23)(H,19,21,22). The van der Waals surface area contributed by atoms with Gasteiger partial charge in [-0.3, -0.25) is 14.9 Å². The molecule has 7 heteroatoms. The molecule has 5 nitrogen and oxygen atoms in total. The van der Waals surface area contributed by atoms with E-state index in [1.807, 2.05) is 13.0 Å². The van der Waals surface area contributed by atoms with Gasteiger partial charge in [0.1, 0.15) is 0 Å². The summed E-state index contributed by atoms with van der Waals surface area (Å²) in [7, 11) is 0. The second-order valence-corrected chi connectivity index (χ2v) is 7.52. The highest BCUT2D eigenvalue weighted by molar-refractivity contribution is 7.14. The highest BCUT2D eigenvalue weighted by Gasteiger charge is 2.12. The molecule has 128 valence electrons. The minimum atomic E-state index is -0.228. The molecule has 0 atom stereocenters. The SMILES string of the molecule is CCc1cc(C(=O)Nc2ccc(C(=O)Nc3nccs3)cc2)sc1C. The number of anilines is 2. The van der Waals surface area contributed by atoms with Crippen LogP contribution in [0, 0.1) is 6.92 Å². The van der Waals surface area contributed by atoms with E-state index in [2.05, 4.69) is 22.5 Å². The summed E-state index contributed by atoms with van der Waals surface area (Å²) in [5.74, 6) is -0.359. The maximum atomic E-state index is 12.3. The number of nitrogens with zero attached hydrogens (tertiary/aromatic N) is 1. The van der Waals surface area contributed by atoms with Gasteiger partial charge in [-0.25, -0.2) is 4.98 Å². The highest BCUT2D eigenvalue weighted by atomic mass is 32.1. The van der Waals surface area contributed by atoms with Gasteiger partial charge in [0.05, 0.1) is 4.88 Å². The van der Waals surface area contributed by atoms with Crippen LogP contribution in [-0.4, -0.2) is 16.8 Å². The molecule has 0 unspecified atom stereocenters. The normalized spacial score (nSPS) is 10.5. The zero-order valence-electron chi connectivity index (χ0n) is 13.8. The zero-order valence-corrected chi connectivity index (χ0v) is 15.5. The number of thiophene rings is 1. The van der Waals surface area contributed by atoms with Crippen LogP contribution in [0.2, 0.25) is 0 Å². The second kappa shape index (κ2) is 7.58. The molecule has 0 fully saturated rings. The van der Waals surface area contributed by atoms with Gasteiger partial charge in [-0.05, 0) is 49.2 Å². The number of benzene rings is 1. The fourth-order valence-electron chi connectivity index (χ4n) is 2.33. The van der Waals surface area contributed by atoms with Gasteiger partial charge in [-0.15, -0.1) is 22.7 Å². The average molecular weight is 371 g/mol. The van der Waals surface area contributed by atoms with Crippen molar-refractivity contribution in [1.82, 2.24) is 4.98 Å². The number of aromatic nitrogens is 1. The van der Waals surface area contributed by atoms with Crippen molar-refractivity contribution in [3.63, 3.8) is 0 Å². The van der Waals surface area contributed by atoms with E-state index < -0.39 is 0 Å². The lowest BCUT2D eigenvalue weighted by atomic mass is 10.2. The number of amides is 2. The Hall–Kier alpha value is -2.51. The van der Waals surface area contributed by atoms with E-state index in [1.54, 1.807) is 35.8 Å². The maximum Gasteiger partial charge on any atom is 0.265 e. The Balaban J connectivity index is 1.65. The molecular formula is C18H17N3O2S2. The number of nitrogens with one attached hydrogen (secondary N) is 2. The van der Waals surface area contributed by atoms with Gasteiger partial charge in [0.25, 0.3) is 11.8 Å². The monoisotopic (exact) mass is 371 g/mol. The topological polar surface area (TPSA) is 71.1 Å². The van der Waals surface area contributed by atoms with Crippen molar-refractivity contribution in [2.24, 2.45) is 0 Å². The van der Waals surface area contributed by atoms with Crippen LogP contribution in [0.15, 0.2) is 41.9 Å². The number of aryl methyl sites for hydroxylation is 2. The van der Waals surface area contributed by atoms with Crippen LogP contribution in [0.5, 0.6) is 0 Å². The molecule has 2 amide bonds. The van der Waals surface area contributed by atoms with Crippen LogP contribution in [0.1, 0.15) is 37.4 Å². The molecule has 2 N–H and O–H groups in total. The summed E-state index contributed by atoms with van der Waals surface area (Å²) in [5.41, 5.74) is 2.36. The van der Waals surface area contributed by atoms with Crippen LogP contribution in [0.25, 0.3) is 0 Å². The van der Waals surface area contributed by atoms with E-state index in [0.29, 0.717) is 21.3 Å². The summed E-state index contributed by atoms with van der Waals surface area (Å²) >= 11 is 2.86. The fourth-order valence-corrected chi connectivity index (χ4v) is 3.87. The van der Waals surface area contributed by atoms with Gasteiger partial charge in [0, 0.05) is 27.7 Å². The van der Waals surface area contributed by atoms with Gasteiger partial charge in [-0.2, -0.15) is 0 Å². The van der Waals surface area contributed by atoms with E-state index in [1.165, 1.54) is 33.1 Å². The van der Waals surface area contributed by atoms with Gasteiger partial charge < -0.3 is 5.32 Å². The largest absolute Gasteiger partial charge is 0.321 e. The Bertz CT molecular complexity index is 884. The molecule has 1 aromatic carbocycles. The van der Waals surface area contributed by atoms with Crippen molar-refractivity contribution in [2.45, 2.75) is 20.3 Å². The van der Waals surface area contributed by atoms with Gasteiger partial charge in [0.15, 0.2) is 5.13 Å². The Labute approximate surface area is 153 Å². The van der Waals surface area contributed by atoms with Crippen molar-refractivity contribution >= 4 is 45.3 Å². The molecule has 0 saturated heterocycles. The Morgan fingerprint density at radius 3 is 2.48 bits per heavy atom. The number of carbonyl (C=O) groups is 2. The molecule has 0 radical (unpaired) electrons. The average Bonchev–Trinajstić information content (AvgIpc) is 3.24. The molecule has 3 aromatic rings. The van der Waals surface area contributed by atoms with E-state index in [4.69, 9.17) is 0 Å². The minimum Gasteiger partial charge on any atom is -0.321 e. The first-order chi connectivity index (χ1) is 12.1. The van der Waals surface area contributed by atoms with E-state index in [-0.39, 0.29) is 11.8 Å². The molecule has 0 aliphatic rings. The van der Waals surface area contributed by atoms with Crippen LogP contribution in [0.3, 0.4) is 0 Å². The third kappa shape index (κ3) is 4.12. The molecule has 0 aliphatic carbocycles. The molecule has 25 heavy (non-hydrogen) atoms. The van der Waals surface area contributed by atoms with Crippen molar-refractivity contribution < 1.29 is 9.59 Å². The first-order valence-electron chi connectivity index (χ1n) is 7.78. The summed E-state index contributed by atoms with van der Waals surface area (Å²) in [6, 6.07) is 8.72. The smallest absolute Gasteiger partial charge is 0.265 e. The van der Waals surface area contributed by atoms with Crippen molar-refractivity contribution in [3.8, 4) is 0 Å². The Morgan fingerprint density at radius 2 is 1.88 bits per heavy atom. The first kappa shape index (κ1) is 17.3. The third-order valence-corrected chi connectivity index (χ3v) is 5.46. The van der Waals surface area contributed by atoms with Gasteiger partial charge in [-0.1, -0.05) is 6.92 Å². The number of hydrogen-bond acceptors (Lipinski definition) is 5. The van der Waals surface area contributed by atoms with Gasteiger partial charge in [0.2, 0.25) is 0 Å². The van der Waals surface area contributed by atoms with Crippen LogP contribution in [-0.2, 0) is 6.42 Å². The predicted octanol–water partition coefficient (Wildman–Crippen LogP) is 4.58. The van der Waals surface area contributed by atoms with E-state index in [9.17, 15) is 9.59 Å². The predicted molar refractivity (Wildman–Crippen MR) is 103 cm³/mol. The van der Waals surface area contributed by atoms with Crippen molar-refractivity contribution in [2.75, 3.05) is 10.6 Å². The molecule has 3 rings (SSSR count). The summed E-state index contributed by atoms with van der Waals surface area (Å²) in [4.78, 5) is 30.3. The lowest BCUT2D eigenvalue weighted by molar-refractivity contribution is 0.102. The van der Waals surface area contributed by atoms with Crippen LogP contribution < -0.4 is 10.6 Å². The summed E-state index contributed by atoms with van der Waals surface area (Å²) in [6.45, 7) is 4.10. The lowest BCUT2D eigenvalue weighted by Gasteiger charge is -2.05. The first-order valence-corrected chi connectivity index (χ1v) is 9.48. The molecular weight excluding hydrogens is 354 g/mol. The fraction of sp³-hybridized carbons (Fsp3) is 0.167. The van der Waals surface area contributed by atoms with Crippen LogP contribution in [0.4, 0.5) is 10.8 Å². The quantitative estimate of drug-likeness (QED) is 0.689. The molecule has 0 spiro atoms. The number of rotatable bonds is 5. The number of carbonyl (C=O) groups excluding carboxylic acids is 2. The maximum absolute atomic E-state index is 12.3. The Morgan fingerprint density at radius 1 is 1.12 bits per heavy atom. The lowest BCUT2D eigenvalue weighted by Crippen LogP contribution is -2.13. The van der Waals surface area contributed by atoms with Gasteiger partial charge >= 0.3 is 0 Å². The number of thiazole rings is 1. The third-order valence-electron chi connectivity index (χ3n) is 3.68. The molecule has 2 heterocycles. The molecule has 0 saturated carbocycles. The zero-order chi connectivity index (χ0) is 17.8. The molecule has 0 bridgehead atoms.